The summed E-state index contributed by atoms with van der Waals surface area (Å²) in [6.45, 7) is 5.65. The summed E-state index contributed by atoms with van der Waals surface area (Å²) in [7, 11) is 0. The number of hydrogen-bond donors (Lipinski definition) is 0. The minimum Gasteiger partial charge on any atom is -0.370 e. The number of unbranched alkanes of at least 4 members (excludes halogenated alkanes) is 16. The smallest absolute Gasteiger partial charge is 0.0916 e. The molecule has 0 amide bonds. The molecule has 0 aromatic rings. The van der Waals surface area contributed by atoms with Crippen LogP contribution in [0.3, 0.4) is 0 Å². The fourth-order valence-electron chi connectivity index (χ4n) is 4.03. The molecule has 1 rings (SSSR count). The molecule has 1 atom stereocenters. The van der Waals surface area contributed by atoms with Crippen LogP contribution in [-0.2, 0) is 4.74 Å². The lowest BCUT2D eigenvalue weighted by molar-refractivity contribution is 0.260. The lowest BCUT2D eigenvalue weighted by Gasteiger charge is -2.11. The normalized spacial score (nSPS) is 19.4. The Morgan fingerprint density at radius 3 is 1.04 bits per heavy atom. The molecule has 0 N–H and O–H groups in total. The van der Waals surface area contributed by atoms with Crippen LogP contribution in [0.5, 0.6) is 0 Å². The van der Waals surface area contributed by atoms with Gasteiger partial charge >= 0.3 is 0 Å². The van der Waals surface area contributed by atoms with E-state index in [9.17, 15) is 0 Å². The first kappa shape index (κ1) is 23.0. The molecular formula is C24H48O. The van der Waals surface area contributed by atoms with E-state index in [1.807, 2.05) is 0 Å². The van der Waals surface area contributed by atoms with Crippen molar-refractivity contribution in [1.29, 1.82) is 0 Å². The van der Waals surface area contributed by atoms with Gasteiger partial charge in [0.1, 0.15) is 0 Å². The highest BCUT2D eigenvalue weighted by molar-refractivity contribution is 4.91. The van der Waals surface area contributed by atoms with Gasteiger partial charge in [0.05, 0.1) is 12.2 Å². The second-order valence-electron chi connectivity index (χ2n) is 8.63. The Morgan fingerprint density at radius 2 is 0.760 bits per heavy atom. The lowest BCUT2D eigenvalue weighted by atomic mass is 9.94. The van der Waals surface area contributed by atoms with E-state index in [-0.39, 0.29) is 0 Å². The lowest BCUT2D eigenvalue weighted by Crippen LogP contribution is -2.10. The summed E-state index contributed by atoms with van der Waals surface area (Å²) in [5, 5.41) is 0. The standard InChI is InChI=1S/C24H48O/c1-3-5-7-9-11-13-14-16-18-20-22-24(23-25-24)21-19-17-15-12-10-8-6-4-2/h3-23H2,1-2H3. The minimum absolute atomic E-state index is 0.336. The molecule has 1 saturated heterocycles. The van der Waals surface area contributed by atoms with Crippen LogP contribution in [0.1, 0.15) is 142 Å². The predicted molar refractivity (Wildman–Crippen MR) is 112 cm³/mol. The molecule has 1 heteroatoms. The van der Waals surface area contributed by atoms with Crippen molar-refractivity contribution in [2.75, 3.05) is 6.61 Å². The Balaban J connectivity index is 1.81. The highest BCUT2D eigenvalue weighted by Gasteiger charge is 2.42. The van der Waals surface area contributed by atoms with Gasteiger partial charge in [-0.1, -0.05) is 129 Å². The molecule has 1 aliphatic rings. The molecule has 1 aliphatic heterocycles. The highest BCUT2D eigenvalue weighted by atomic mass is 16.6. The summed E-state index contributed by atoms with van der Waals surface area (Å²) < 4.78 is 5.84. The fraction of sp³-hybridized carbons (Fsp3) is 1.00. The van der Waals surface area contributed by atoms with E-state index in [0.29, 0.717) is 5.60 Å². The third-order valence-corrected chi connectivity index (χ3v) is 6.02. The first-order valence-corrected chi connectivity index (χ1v) is 12.0. The van der Waals surface area contributed by atoms with Crippen molar-refractivity contribution in [3.8, 4) is 0 Å². The van der Waals surface area contributed by atoms with Gasteiger partial charge in [0.15, 0.2) is 0 Å². The van der Waals surface area contributed by atoms with Crippen LogP contribution in [0.4, 0.5) is 0 Å². The van der Waals surface area contributed by atoms with Crippen molar-refractivity contribution in [2.45, 2.75) is 148 Å². The zero-order chi connectivity index (χ0) is 18.1. The maximum absolute atomic E-state index is 5.84. The number of epoxide rings is 1. The molecule has 0 aliphatic carbocycles. The summed E-state index contributed by atoms with van der Waals surface area (Å²) in [4.78, 5) is 0. The zero-order valence-electron chi connectivity index (χ0n) is 17.8. The molecule has 0 aromatic carbocycles. The van der Waals surface area contributed by atoms with E-state index in [1.54, 1.807) is 0 Å². The summed E-state index contributed by atoms with van der Waals surface area (Å²) in [5.74, 6) is 0. The van der Waals surface area contributed by atoms with Gasteiger partial charge in [-0.15, -0.1) is 0 Å². The van der Waals surface area contributed by atoms with Crippen LogP contribution < -0.4 is 0 Å². The van der Waals surface area contributed by atoms with Gasteiger partial charge < -0.3 is 4.74 Å². The summed E-state index contributed by atoms with van der Waals surface area (Å²) in [6.07, 6.45) is 28.4. The van der Waals surface area contributed by atoms with Gasteiger partial charge in [-0.3, -0.25) is 0 Å². The Labute approximate surface area is 159 Å². The number of ether oxygens (including phenoxy) is 1. The fourth-order valence-corrected chi connectivity index (χ4v) is 4.03. The van der Waals surface area contributed by atoms with Crippen LogP contribution in [0.25, 0.3) is 0 Å². The van der Waals surface area contributed by atoms with Crippen LogP contribution >= 0.6 is 0 Å². The Kier molecular flexibility index (Phi) is 14.9. The number of rotatable bonds is 20. The van der Waals surface area contributed by atoms with E-state index in [1.165, 1.54) is 128 Å². The summed E-state index contributed by atoms with van der Waals surface area (Å²) in [5.41, 5.74) is 0.336. The zero-order valence-corrected chi connectivity index (χ0v) is 17.8. The molecule has 0 bridgehead atoms. The average molecular weight is 353 g/mol. The van der Waals surface area contributed by atoms with Crippen LogP contribution in [0.2, 0.25) is 0 Å². The molecule has 150 valence electrons. The molecular weight excluding hydrogens is 304 g/mol. The monoisotopic (exact) mass is 352 g/mol. The predicted octanol–water partition coefficient (Wildman–Crippen LogP) is 8.60. The van der Waals surface area contributed by atoms with Crippen molar-refractivity contribution in [3.63, 3.8) is 0 Å². The Morgan fingerprint density at radius 1 is 0.480 bits per heavy atom. The average Bonchev–Trinajstić information content (AvgIpc) is 3.39. The third kappa shape index (κ3) is 13.8. The van der Waals surface area contributed by atoms with Crippen molar-refractivity contribution in [2.24, 2.45) is 0 Å². The molecule has 1 fully saturated rings. The number of hydrogen-bond acceptors (Lipinski definition) is 1. The van der Waals surface area contributed by atoms with Gasteiger partial charge in [-0.05, 0) is 12.8 Å². The van der Waals surface area contributed by atoms with Gasteiger partial charge in [0.2, 0.25) is 0 Å². The molecule has 25 heavy (non-hydrogen) atoms. The highest BCUT2D eigenvalue weighted by Crippen LogP contribution is 2.38. The topological polar surface area (TPSA) is 12.5 Å². The Bertz CT molecular complexity index is 269. The largest absolute Gasteiger partial charge is 0.370 e. The molecule has 0 radical (unpaired) electrons. The molecule has 0 aromatic heterocycles. The third-order valence-electron chi connectivity index (χ3n) is 6.02. The Hall–Kier alpha value is -0.0400. The van der Waals surface area contributed by atoms with E-state index in [0.717, 1.165) is 6.61 Å². The molecule has 1 unspecified atom stereocenters. The van der Waals surface area contributed by atoms with E-state index in [4.69, 9.17) is 4.74 Å². The first-order chi connectivity index (χ1) is 12.3. The summed E-state index contributed by atoms with van der Waals surface area (Å²) >= 11 is 0. The van der Waals surface area contributed by atoms with Crippen molar-refractivity contribution >= 4 is 0 Å². The molecule has 0 saturated carbocycles. The van der Waals surface area contributed by atoms with E-state index < -0.39 is 0 Å². The quantitative estimate of drug-likeness (QED) is 0.158. The molecule has 0 spiro atoms. The van der Waals surface area contributed by atoms with Gasteiger partial charge in [-0.2, -0.15) is 0 Å². The van der Waals surface area contributed by atoms with Crippen LogP contribution in [0, 0.1) is 0 Å². The van der Waals surface area contributed by atoms with Crippen molar-refractivity contribution in [1.82, 2.24) is 0 Å². The van der Waals surface area contributed by atoms with Gasteiger partial charge in [0, 0.05) is 0 Å². The van der Waals surface area contributed by atoms with Crippen molar-refractivity contribution in [3.05, 3.63) is 0 Å². The molecule has 1 nitrogen and oxygen atoms in total. The maximum atomic E-state index is 5.84. The van der Waals surface area contributed by atoms with Crippen molar-refractivity contribution < 1.29 is 4.74 Å². The van der Waals surface area contributed by atoms with Gasteiger partial charge in [-0.25, -0.2) is 0 Å². The molecule has 1 heterocycles. The minimum atomic E-state index is 0.336. The van der Waals surface area contributed by atoms with E-state index in [2.05, 4.69) is 13.8 Å². The SMILES string of the molecule is CCCCCCCCCCCCC1(CCCCCCCCCC)CO1. The first-order valence-electron chi connectivity index (χ1n) is 12.0. The second-order valence-corrected chi connectivity index (χ2v) is 8.63. The van der Waals surface area contributed by atoms with E-state index >= 15 is 0 Å². The maximum Gasteiger partial charge on any atom is 0.0916 e. The van der Waals surface area contributed by atoms with Gasteiger partial charge in [0.25, 0.3) is 0 Å². The van der Waals surface area contributed by atoms with Crippen LogP contribution in [-0.4, -0.2) is 12.2 Å². The second kappa shape index (κ2) is 16.2. The van der Waals surface area contributed by atoms with Crippen LogP contribution in [0.15, 0.2) is 0 Å². The summed E-state index contributed by atoms with van der Waals surface area (Å²) in [6, 6.07) is 0.